The highest BCUT2D eigenvalue weighted by atomic mass is 16.5. The van der Waals surface area contributed by atoms with E-state index >= 15 is 0 Å². The number of rotatable bonds is 6. The maximum absolute atomic E-state index is 5.25. The number of hydrogen-bond acceptors (Lipinski definition) is 3. The number of hydrogen-bond donors (Lipinski definition) is 1. The number of piperidine rings is 1. The van der Waals surface area contributed by atoms with Gasteiger partial charge in [0.25, 0.3) is 0 Å². The Morgan fingerprint density at radius 2 is 1.84 bits per heavy atom. The van der Waals surface area contributed by atoms with Crippen LogP contribution in [0.4, 0.5) is 0 Å². The van der Waals surface area contributed by atoms with Gasteiger partial charge in [-0.2, -0.15) is 0 Å². The molecule has 1 aliphatic rings. The maximum Gasteiger partial charge on any atom is 0.118 e. The van der Waals surface area contributed by atoms with Crippen LogP contribution >= 0.6 is 0 Å². The van der Waals surface area contributed by atoms with E-state index in [9.17, 15) is 0 Å². The molecule has 3 heteroatoms. The first-order valence-corrected chi connectivity index (χ1v) is 7.37. The van der Waals surface area contributed by atoms with Gasteiger partial charge in [0.05, 0.1) is 7.11 Å². The summed E-state index contributed by atoms with van der Waals surface area (Å²) < 4.78 is 5.25. The number of ether oxygens (including phenoxy) is 1. The summed E-state index contributed by atoms with van der Waals surface area (Å²) in [4.78, 5) is 2.64. The minimum Gasteiger partial charge on any atom is -0.497 e. The second-order valence-corrected chi connectivity index (χ2v) is 5.28. The zero-order chi connectivity index (χ0) is 13.5. The van der Waals surface area contributed by atoms with Crippen LogP contribution in [0.3, 0.4) is 0 Å². The van der Waals surface area contributed by atoms with Crippen molar-refractivity contribution >= 4 is 0 Å². The van der Waals surface area contributed by atoms with Crippen LogP contribution in [0.5, 0.6) is 5.75 Å². The van der Waals surface area contributed by atoms with Crippen molar-refractivity contribution in [2.75, 3.05) is 33.8 Å². The van der Waals surface area contributed by atoms with Gasteiger partial charge in [-0.3, -0.25) is 4.90 Å². The molecule has 0 bridgehead atoms. The highest BCUT2D eigenvalue weighted by Crippen LogP contribution is 2.28. The van der Waals surface area contributed by atoms with Crippen LogP contribution in [-0.4, -0.2) is 38.7 Å². The standard InChI is InChI=1S/C16H26N2O/c1-17-11-10-16(18-12-4-3-5-13-18)14-6-8-15(19-2)9-7-14/h6-9,16-17H,3-5,10-13H2,1-2H3. The second kappa shape index (κ2) is 7.51. The molecule has 0 amide bonds. The van der Waals surface area contributed by atoms with Gasteiger partial charge in [-0.05, 0) is 63.6 Å². The van der Waals surface area contributed by atoms with E-state index in [1.165, 1.54) is 44.3 Å². The zero-order valence-electron chi connectivity index (χ0n) is 12.2. The Morgan fingerprint density at radius 3 is 2.42 bits per heavy atom. The zero-order valence-corrected chi connectivity index (χ0v) is 12.2. The molecule has 1 saturated heterocycles. The van der Waals surface area contributed by atoms with Gasteiger partial charge in [0.2, 0.25) is 0 Å². The topological polar surface area (TPSA) is 24.5 Å². The van der Waals surface area contributed by atoms with Crippen LogP contribution in [0.15, 0.2) is 24.3 Å². The predicted octanol–water partition coefficient (Wildman–Crippen LogP) is 2.83. The molecular weight excluding hydrogens is 236 g/mol. The van der Waals surface area contributed by atoms with Gasteiger partial charge in [0.15, 0.2) is 0 Å². The van der Waals surface area contributed by atoms with E-state index in [0.29, 0.717) is 6.04 Å². The van der Waals surface area contributed by atoms with Gasteiger partial charge < -0.3 is 10.1 Å². The maximum atomic E-state index is 5.25. The first kappa shape index (κ1) is 14.4. The summed E-state index contributed by atoms with van der Waals surface area (Å²) in [7, 11) is 3.75. The van der Waals surface area contributed by atoms with E-state index in [0.717, 1.165) is 12.3 Å². The Balaban J connectivity index is 2.10. The van der Waals surface area contributed by atoms with Crippen LogP contribution in [0, 0.1) is 0 Å². The van der Waals surface area contributed by atoms with Crippen molar-refractivity contribution in [3.05, 3.63) is 29.8 Å². The summed E-state index contributed by atoms with van der Waals surface area (Å²) >= 11 is 0. The van der Waals surface area contributed by atoms with E-state index in [1.807, 2.05) is 7.05 Å². The number of methoxy groups -OCH3 is 1. The summed E-state index contributed by atoms with van der Waals surface area (Å²) in [5, 5.41) is 3.28. The molecule has 1 aliphatic heterocycles. The monoisotopic (exact) mass is 262 g/mol. The molecule has 1 atom stereocenters. The third-order valence-corrected chi connectivity index (χ3v) is 4.00. The van der Waals surface area contributed by atoms with Gasteiger partial charge in [-0.1, -0.05) is 18.6 Å². The van der Waals surface area contributed by atoms with Crippen molar-refractivity contribution in [3.63, 3.8) is 0 Å². The van der Waals surface area contributed by atoms with E-state index in [2.05, 4.69) is 34.5 Å². The molecule has 1 aromatic rings. The Morgan fingerprint density at radius 1 is 1.16 bits per heavy atom. The smallest absolute Gasteiger partial charge is 0.118 e. The molecule has 2 rings (SSSR count). The largest absolute Gasteiger partial charge is 0.497 e. The molecule has 0 aromatic heterocycles. The van der Waals surface area contributed by atoms with Crippen LogP contribution in [0.25, 0.3) is 0 Å². The highest BCUT2D eigenvalue weighted by Gasteiger charge is 2.21. The number of nitrogens with zero attached hydrogens (tertiary/aromatic N) is 1. The molecule has 3 nitrogen and oxygen atoms in total. The second-order valence-electron chi connectivity index (χ2n) is 5.28. The quantitative estimate of drug-likeness (QED) is 0.853. The molecule has 0 aliphatic carbocycles. The third-order valence-electron chi connectivity index (χ3n) is 4.00. The first-order chi connectivity index (χ1) is 9.35. The lowest BCUT2D eigenvalue weighted by Crippen LogP contribution is -2.35. The molecule has 106 valence electrons. The Labute approximate surface area is 116 Å². The average molecular weight is 262 g/mol. The molecule has 1 fully saturated rings. The van der Waals surface area contributed by atoms with Gasteiger partial charge in [-0.15, -0.1) is 0 Å². The SMILES string of the molecule is CNCCC(c1ccc(OC)cc1)N1CCCCC1. The molecule has 0 saturated carbocycles. The predicted molar refractivity (Wildman–Crippen MR) is 79.7 cm³/mol. The third kappa shape index (κ3) is 3.95. The summed E-state index contributed by atoms with van der Waals surface area (Å²) in [6, 6.07) is 9.12. The van der Waals surface area contributed by atoms with Crippen molar-refractivity contribution in [2.24, 2.45) is 0 Å². The lowest BCUT2D eigenvalue weighted by atomic mass is 9.99. The van der Waals surface area contributed by atoms with E-state index in [1.54, 1.807) is 7.11 Å². The van der Waals surface area contributed by atoms with Crippen molar-refractivity contribution in [1.82, 2.24) is 10.2 Å². The van der Waals surface area contributed by atoms with Crippen molar-refractivity contribution in [1.29, 1.82) is 0 Å². The number of nitrogens with one attached hydrogen (secondary N) is 1. The molecular formula is C16H26N2O. The molecule has 0 spiro atoms. The number of benzene rings is 1. The van der Waals surface area contributed by atoms with Gasteiger partial charge in [0.1, 0.15) is 5.75 Å². The summed E-state index contributed by atoms with van der Waals surface area (Å²) in [6.07, 6.45) is 5.24. The minimum absolute atomic E-state index is 0.540. The Kier molecular flexibility index (Phi) is 5.67. The van der Waals surface area contributed by atoms with Gasteiger partial charge >= 0.3 is 0 Å². The van der Waals surface area contributed by atoms with Gasteiger partial charge in [0, 0.05) is 6.04 Å². The molecule has 0 radical (unpaired) electrons. The average Bonchev–Trinajstić information content (AvgIpc) is 2.49. The molecule has 1 heterocycles. The number of likely N-dealkylation sites (tertiary alicyclic amines) is 1. The van der Waals surface area contributed by atoms with Gasteiger partial charge in [-0.25, -0.2) is 0 Å². The van der Waals surface area contributed by atoms with Crippen molar-refractivity contribution < 1.29 is 4.74 Å². The minimum atomic E-state index is 0.540. The normalized spacial score (nSPS) is 18.2. The summed E-state index contributed by atoms with van der Waals surface area (Å²) in [6.45, 7) is 3.54. The first-order valence-electron chi connectivity index (χ1n) is 7.37. The van der Waals surface area contributed by atoms with Crippen molar-refractivity contribution in [2.45, 2.75) is 31.7 Å². The van der Waals surface area contributed by atoms with Crippen molar-refractivity contribution in [3.8, 4) is 5.75 Å². The van der Waals surface area contributed by atoms with Crippen LogP contribution in [0.2, 0.25) is 0 Å². The fourth-order valence-electron chi connectivity index (χ4n) is 2.90. The van der Waals surface area contributed by atoms with Crippen LogP contribution in [0.1, 0.15) is 37.3 Å². The Hall–Kier alpha value is -1.06. The summed E-state index contributed by atoms with van der Waals surface area (Å²) in [5.74, 6) is 0.940. The molecule has 1 N–H and O–H groups in total. The Bertz CT molecular complexity index is 358. The lowest BCUT2D eigenvalue weighted by Gasteiger charge is -2.35. The fraction of sp³-hybridized carbons (Fsp3) is 0.625. The summed E-state index contributed by atoms with van der Waals surface area (Å²) in [5.41, 5.74) is 1.41. The van der Waals surface area contributed by atoms with E-state index in [-0.39, 0.29) is 0 Å². The molecule has 19 heavy (non-hydrogen) atoms. The van der Waals surface area contributed by atoms with Crippen LogP contribution in [-0.2, 0) is 0 Å². The lowest BCUT2D eigenvalue weighted by molar-refractivity contribution is 0.155. The fourth-order valence-corrected chi connectivity index (χ4v) is 2.90. The highest BCUT2D eigenvalue weighted by molar-refractivity contribution is 5.29. The molecule has 1 aromatic carbocycles. The van der Waals surface area contributed by atoms with Crippen LogP contribution < -0.4 is 10.1 Å². The molecule has 1 unspecified atom stereocenters. The van der Waals surface area contributed by atoms with E-state index < -0.39 is 0 Å². The van der Waals surface area contributed by atoms with E-state index in [4.69, 9.17) is 4.74 Å².